The van der Waals surface area contributed by atoms with Crippen LogP contribution < -0.4 is 10.6 Å². The average Bonchev–Trinajstić information content (AvgIpc) is 2.85. The molecule has 4 nitrogen and oxygen atoms in total. The summed E-state index contributed by atoms with van der Waals surface area (Å²) < 4.78 is 0. The number of rotatable bonds is 4. The largest absolute Gasteiger partial charge is 0.388 e. The van der Waals surface area contributed by atoms with Gasteiger partial charge >= 0.3 is 6.03 Å². The van der Waals surface area contributed by atoms with E-state index in [1.807, 2.05) is 38.1 Å². The maximum Gasteiger partial charge on any atom is 0.315 e. The van der Waals surface area contributed by atoms with Crippen molar-refractivity contribution in [2.45, 2.75) is 51.2 Å². The molecule has 0 aliphatic heterocycles. The first-order chi connectivity index (χ1) is 9.48. The molecule has 0 aromatic heterocycles. The summed E-state index contributed by atoms with van der Waals surface area (Å²) in [5, 5.41) is 15.9. The zero-order valence-electron chi connectivity index (χ0n) is 12.3. The molecule has 0 radical (unpaired) electrons. The van der Waals surface area contributed by atoms with Crippen molar-refractivity contribution in [3.8, 4) is 0 Å². The van der Waals surface area contributed by atoms with Gasteiger partial charge in [-0.2, -0.15) is 0 Å². The van der Waals surface area contributed by atoms with Gasteiger partial charge in [-0.15, -0.1) is 0 Å². The molecular formula is C16H24N2O2. The number of benzene rings is 1. The van der Waals surface area contributed by atoms with Gasteiger partial charge in [-0.05, 0) is 32.3 Å². The molecule has 1 aliphatic carbocycles. The lowest BCUT2D eigenvalue weighted by molar-refractivity contribution is 0.0500. The molecular weight excluding hydrogens is 252 g/mol. The van der Waals surface area contributed by atoms with Crippen molar-refractivity contribution in [1.29, 1.82) is 0 Å². The molecule has 0 heterocycles. The van der Waals surface area contributed by atoms with E-state index in [-0.39, 0.29) is 12.1 Å². The van der Waals surface area contributed by atoms with Crippen molar-refractivity contribution in [2.24, 2.45) is 0 Å². The van der Waals surface area contributed by atoms with Gasteiger partial charge in [0.15, 0.2) is 0 Å². The third kappa shape index (κ3) is 3.97. The monoisotopic (exact) mass is 276 g/mol. The van der Waals surface area contributed by atoms with Gasteiger partial charge < -0.3 is 15.7 Å². The van der Waals surface area contributed by atoms with E-state index < -0.39 is 5.60 Å². The van der Waals surface area contributed by atoms with Gasteiger partial charge in [-0.1, -0.05) is 42.7 Å². The van der Waals surface area contributed by atoms with Gasteiger partial charge in [-0.25, -0.2) is 4.79 Å². The summed E-state index contributed by atoms with van der Waals surface area (Å²) in [5.74, 6) is 0. The second-order valence-corrected chi connectivity index (χ2v) is 5.89. The Morgan fingerprint density at radius 3 is 2.50 bits per heavy atom. The molecule has 2 rings (SSSR count). The lowest BCUT2D eigenvalue weighted by Gasteiger charge is -2.23. The lowest BCUT2D eigenvalue weighted by Crippen LogP contribution is -2.45. The molecule has 3 N–H and O–H groups in total. The highest BCUT2D eigenvalue weighted by Crippen LogP contribution is 2.28. The fourth-order valence-electron chi connectivity index (χ4n) is 2.64. The molecule has 20 heavy (non-hydrogen) atoms. The van der Waals surface area contributed by atoms with Gasteiger partial charge in [-0.3, -0.25) is 0 Å². The molecule has 1 aromatic carbocycles. The van der Waals surface area contributed by atoms with Gasteiger partial charge in [0.25, 0.3) is 0 Å². The lowest BCUT2D eigenvalue weighted by atomic mass is 10.0. The Labute approximate surface area is 120 Å². The Morgan fingerprint density at radius 2 is 1.90 bits per heavy atom. The number of urea groups is 1. The van der Waals surface area contributed by atoms with E-state index >= 15 is 0 Å². The third-order valence-electron chi connectivity index (χ3n) is 4.04. The van der Waals surface area contributed by atoms with Crippen molar-refractivity contribution < 1.29 is 9.90 Å². The number of nitrogens with one attached hydrogen (secondary N) is 2. The van der Waals surface area contributed by atoms with Crippen LogP contribution in [0, 0.1) is 6.92 Å². The van der Waals surface area contributed by atoms with Gasteiger partial charge in [0, 0.05) is 6.54 Å². The van der Waals surface area contributed by atoms with E-state index in [4.69, 9.17) is 0 Å². The molecule has 1 unspecified atom stereocenters. The van der Waals surface area contributed by atoms with Crippen LogP contribution in [0.1, 0.15) is 49.8 Å². The molecule has 1 fully saturated rings. The topological polar surface area (TPSA) is 61.4 Å². The fraction of sp³-hybridized carbons (Fsp3) is 0.562. The van der Waals surface area contributed by atoms with E-state index in [0.717, 1.165) is 31.2 Å². The van der Waals surface area contributed by atoms with Crippen LogP contribution in [0.5, 0.6) is 0 Å². The molecule has 110 valence electrons. The first-order valence-electron chi connectivity index (χ1n) is 7.32. The number of aryl methyl sites for hydroxylation is 1. The van der Waals surface area contributed by atoms with E-state index in [1.54, 1.807) is 0 Å². The quantitative estimate of drug-likeness (QED) is 0.791. The maximum absolute atomic E-state index is 11.9. The van der Waals surface area contributed by atoms with Crippen molar-refractivity contribution >= 4 is 6.03 Å². The van der Waals surface area contributed by atoms with Crippen LogP contribution >= 0.6 is 0 Å². The minimum absolute atomic E-state index is 0.0474. The second-order valence-electron chi connectivity index (χ2n) is 5.89. The summed E-state index contributed by atoms with van der Waals surface area (Å²) in [6, 6.07) is 7.83. The molecule has 0 spiro atoms. The Hall–Kier alpha value is -1.55. The molecule has 1 aromatic rings. The first kappa shape index (κ1) is 14.9. The molecule has 1 aliphatic rings. The molecule has 1 saturated carbocycles. The van der Waals surface area contributed by atoms with Crippen molar-refractivity contribution in [3.05, 3.63) is 35.4 Å². The summed E-state index contributed by atoms with van der Waals surface area (Å²) >= 11 is 0. The number of carbonyl (C=O) groups excluding carboxylic acids is 1. The number of aliphatic hydroxyl groups is 1. The van der Waals surface area contributed by atoms with Gasteiger partial charge in [0.05, 0.1) is 11.6 Å². The average molecular weight is 276 g/mol. The Morgan fingerprint density at radius 1 is 1.30 bits per heavy atom. The van der Waals surface area contributed by atoms with E-state index in [1.165, 1.54) is 5.56 Å². The predicted octanol–water partition coefficient (Wildman–Crippen LogP) is 2.66. The summed E-state index contributed by atoms with van der Waals surface area (Å²) in [6.45, 7) is 4.32. The van der Waals surface area contributed by atoms with Crippen LogP contribution in [0.25, 0.3) is 0 Å². The van der Waals surface area contributed by atoms with Crippen molar-refractivity contribution in [2.75, 3.05) is 6.54 Å². The van der Waals surface area contributed by atoms with Gasteiger partial charge in [0.2, 0.25) is 0 Å². The number of hydrogen-bond acceptors (Lipinski definition) is 2. The summed E-state index contributed by atoms with van der Waals surface area (Å²) in [6.07, 6.45) is 3.64. The number of hydrogen-bond donors (Lipinski definition) is 3. The molecule has 4 heteroatoms. The Balaban J connectivity index is 1.80. The number of amides is 2. The van der Waals surface area contributed by atoms with Crippen LogP contribution in [0.4, 0.5) is 4.79 Å². The minimum Gasteiger partial charge on any atom is -0.388 e. The number of carbonyl (C=O) groups is 1. The van der Waals surface area contributed by atoms with E-state index in [2.05, 4.69) is 10.6 Å². The summed E-state index contributed by atoms with van der Waals surface area (Å²) in [4.78, 5) is 11.9. The molecule has 0 saturated heterocycles. The summed E-state index contributed by atoms with van der Waals surface area (Å²) in [7, 11) is 0. The van der Waals surface area contributed by atoms with Crippen molar-refractivity contribution in [3.63, 3.8) is 0 Å². The predicted molar refractivity (Wildman–Crippen MR) is 79.5 cm³/mol. The molecule has 0 bridgehead atoms. The van der Waals surface area contributed by atoms with Crippen LogP contribution in [0.2, 0.25) is 0 Å². The summed E-state index contributed by atoms with van der Waals surface area (Å²) in [5.41, 5.74) is 1.57. The fourth-order valence-corrected chi connectivity index (χ4v) is 2.64. The Bertz CT molecular complexity index is 450. The normalized spacial score (nSPS) is 18.6. The molecule has 2 amide bonds. The maximum atomic E-state index is 11.9. The highest BCUT2D eigenvalue weighted by Gasteiger charge is 2.31. The van der Waals surface area contributed by atoms with Crippen LogP contribution in [0.15, 0.2) is 24.3 Å². The van der Waals surface area contributed by atoms with Gasteiger partial charge in [0.1, 0.15) is 0 Å². The Kier molecular flexibility index (Phi) is 4.65. The minimum atomic E-state index is -0.704. The SMILES string of the molecule is Cc1ccc(C(C)NC(=O)NCC2(O)CCCC2)cc1. The first-order valence-corrected chi connectivity index (χ1v) is 7.32. The van der Waals surface area contributed by atoms with Crippen LogP contribution in [-0.2, 0) is 0 Å². The van der Waals surface area contributed by atoms with Crippen molar-refractivity contribution in [1.82, 2.24) is 10.6 Å². The zero-order valence-corrected chi connectivity index (χ0v) is 12.3. The van der Waals surface area contributed by atoms with E-state index in [9.17, 15) is 9.90 Å². The van der Waals surface area contributed by atoms with E-state index in [0.29, 0.717) is 6.54 Å². The van der Waals surface area contributed by atoms with Crippen LogP contribution in [-0.4, -0.2) is 23.3 Å². The smallest absolute Gasteiger partial charge is 0.315 e. The highest BCUT2D eigenvalue weighted by molar-refractivity contribution is 5.74. The standard InChI is InChI=1S/C16H24N2O2/c1-12-5-7-14(8-6-12)13(2)18-15(19)17-11-16(20)9-3-4-10-16/h5-8,13,20H,3-4,9-11H2,1-2H3,(H2,17,18,19). The second kappa shape index (κ2) is 6.27. The van der Waals surface area contributed by atoms with Crippen LogP contribution in [0.3, 0.4) is 0 Å². The highest BCUT2D eigenvalue weighted by atomic mass is 16.3. The third-order valence-corrected chi connectivity index (χ3v) is 4.04. The zero-order chi connectivity index (χ0) is 14.6. The molecule has 1 atom stereocenters.